The topological polar surface area (TPSA) is 77.3 Å². The van der Waals surface area contributed by atoms with Crippen molar-refractivity contribution in [2.24, 2.45) is 0 Å². The number of ether oxygens (including phenoxy) is 2. The molecule has 6 rings (SSSR count). The molecule has 2 aliphatic heterocycles. The average Bonchev–Trinajstić information content (AvgIpc) is 3.47. The maximum atomic E-state index is 6.74. The van der Waals surface area contributed by atoms with Crippen molar-refractivity contribution in [3.63, 3.8) is 0 Å². The Balaban J connectivity index is 1.19. The minimum Gasteiger partial charge on any atom is -0.377 e. The minimum atomic E-state index is 0.170. The first-order valence-electron chi connectivity index (χ1n) is 12.2. The van der Waals surface area contributed by atoms with Crippen LogP contribution in [0.25, 0.3) is 10.9 Å². The van der Waals surface area contributed by atoms with E-state index < -0.39 is 0 Å². The van der Waals surface area contributed by atoms with Crippen LogP contribution in [-0.2, 0) is 9.47 Å². The summed E-state index contributed by atoms with van der Waals surface area (Å²) in [4.78, 5) is 11.8. The zero-order valence-electron chi connectivity index (χ0n) is 19.7. The van der Waals surface area contributed by atoms with Crippen LogP contribution in [0, 0.1) is 6.92 Å². The molecule has 4 heterocycles. The quantitative estimate of drug-likeness (QED) is 0.555. The van der Waals surface area contributed by atoms with Crippen LogP contribution < -0.4 is 5.32 Å². The van der Waals surface area contributed by atoms with Crippen molar-refractivity contribution in [2.45, 2.75) is 56.7 Å². The first kappa shape index (κ1) is 22.2. The first-order chi connectivity index (χ1) is 16.6. The van der Waals surface area contributed by atoms with E-state index in [2.05, 4.69) is 38.0 Å². The molecule has 2 unspecified atom stereocenters. The van der Waals surface area contributed by atoms with Gasteiger partial charge in [-0.3, -0.25) is 9.58 Å². The van der Waals surface area contributed by atoms with Gasteiger partial charge in [0.15, 0.2) is 0 Å². The molecule has 2 atom stereocenters. The Morgan fingerprint density at radius 1 is 1.12 bits per heavy atom. The molecule has 0 radical (unpaired) electrons. The molecule has 2 saturated heterocycles. The molecule has 1 aromatic carbocycles. The van der Waals surface area contributed by atoms with Crippen molar-refractivity contribution >= 4 is 34.1 Å². The average molecular weight is 483 g/mol. The number of rotatable bonds is 6. The zero-order valence-corrected chi connectivity index (χ0v) is 20.5. The number of likely N-dealkylation sites (tertiary alicyclic amines) is 1. The Hall–Kier alpha value is -2.26. The predicted molar refractivity (Wildman–Crippen MR) is 132 cm³/mol. The lowest BCUT2D eigenvalue weighted by atomic mass is 9.88. The second-order valence-electron chi connectivity index (χ2n) is 9.76. The van der Waals surface area contributed by atoms with Gasteiger partial charge in [-0.15, -0.1) is 0 Å². The largest absolute Gasteiger partial charge is 0.377 e. The Morgan fingerprint density at radius 3 is 2.71 bits per heavy atom. The summed E-state index contributed by atoms with van der Waals surface area (Å²) in [5, 5.41) is 9.64. The van der Waals surface area contributed by atoms with Crippen molar-refractivity contribution in [3.8, 4) is 0 Å². The van der Waals surface area contributed by atoms with Gasteiger partial charge < -0.3 is 14.8 Å². The molecule has 0 spiro atoms. The minimum absolute atomic E-state index is 0.170. The molecule has 1 aliphatic carbocycles. The van der Waals surface area contributed by atoms with Crippen LogP contribution in [-0.4, -0.2) is 70.2 Å². The number of halogens is 1. The SMILES string of the molecule is COC1COCC1N1CCC(c2cc3nc(Nc4cnn(C5CC5)c4C)ncc3cc2Cl)CC1. The molecule has 3 aliphatic rings. The lowest BCUT2D eigenvalue weighted by molar-refractivity contribution is 0.0317. The van der Waals surface area contributed by atoms with Gasteiger partial charge in [0.05, 0.1) is 54.5 Å². The molecular weight excluding hydrogens is 452 g/mol. The lowest BCUT2D eigenvalue weighted by Crippen LogP contribution is -2.47. The van der Waals surface area contributed by atoms with Crippen molar-refractivity contribution in [1.82, 2.24) is 24.6 Å². The van der Waals surface area contributed by atoms with Crippen LogP contribution in [0.1, 0.15) is 48.9 Å². The second kappa shape index (κ2) is 9.07. The number of methoxy groups -OCH3 is 1. The van der Waals surface area contributed by atoms with E-state index >= 15 is 0 Å². The fourth-order valence-corrected chi connectivity index (χ4v) is 5.75. The number of hydrogen-bond donors (Lipinski definition) is 1. The molecule has 2 aromatic heterocycles. The van der Waals surface area contributed by atoms with Crippen LogP contribution in [0.2, 0.25) is 5.02 Å². The standard InChI is InChI=1S/C25H31ClN6O2/c1-15-22(12-28-32(15)18-3-4-18)30-25-27-11-17-9-20(26)19(10-21(17)29-25)16-5-7-31(8-6-16)23-13-34-14-24(23)33-2/h9-12,16,18,23-24H,3-8,13-14H2,1-2H3,(H,27,29,30). The number of hydrogen-bond acceptors (Lipinski definition) is 7. The summed E-state index contributed by atoms with van der Waals surface area (Å²) in [6.07, 6.45) is 8.42. The van der Waals surface area contributed by atoms with Crippen LogP contribution in [0.3, 0.4) is 0 Å². The summed E-state index contributed by atoms with van der Waals surface area (Å²) in [6.45, 7) is 5.58. The summed E-state index contributed by atoms with van der Waals surface area (Å²) in [5.74, 6) is 1.00. The Labute approximate surface area is 204 Å². The Morgan fingerprint density at radius 2 is 1.94 bits per heavy atom. The fourth-order valence-electron chi connectivity index (χ4n) is 5.43. The lowest BCUT2D eigenvalue weighted by Gasteiger charge is -2.37. The fraction of sp³-hybridized carbons (Fsp3) is 0.560. The molecule has 9 heteroatoms. The highest BCUT2D eigenvalue weighted by Crippen LogP contribution is 2.38. The van der Waals surface area contributed by atoms with Gasteiger partial charge in [-0.2, -0.15) is 5.10 Å². The van der Waals surface area contributed by atoms with Gasteiger partial charge in [-0.1, -0.05) is 11.6 Å². The maximum Gasteiger partial charge on any atom is 0.227 e. The van der Waals surface area contributed by atoms with Crippen molar-refractivity contribution < 1.29 is 9.47 Å². The molecular formula is C25H31ClN6O2. The van der Waals surface area contributed by atoms with Crippen LogP contribution in [0.15, 0.2) is 24.5 Å². The van der Waals surface area contributed by atoms with E-state index in [9.17, 15) is 0 Å². The van der Waals surface area contributed by atoms with Gasteiger partial charge in [0.1, 0.15) is 0 Å². The van der Waals surface area contributed by atoms with Gasteiger partial charge in [-0.25, -0.2) is 9.97 Å². The zero-order chi connectivity index (χ0) is 23.2. The van der Waals surface area contributed by atoms with Crippen LogP contribution in [0.4, 0.5) is 11.6 Å². The summed E-state index contributed by atoms with van der Waals surface area (Å²) < 4.78 is 13.4. The summed E-state index contributed by atoms with van der Waals surface area (Å²) in [6, 6.07) is 5.06. The molecule has 180 valence electrons. The smallest absolute Gasteiger partial charge is 0.227 e. The third-order valence-corrected chi connectivity index (χ3v) is 7.95. The molecule has 0 bridgehead atoms. The molecule has 3 fully saturated rings. The van der Waals surface area contributed by atoms with E-state index in [1.807, 2.05) is 18.5 Å². The number of benzene rings is 1. The van der Waals surface area contributed by atoms with Crippen molar-refractivity contribution in [1.29, 1.82) is 0 Å². The molecule has 1 saturated carbocycles. The van der Waals surface area contributed by atoms with Gasteiger partial charge in [0.25, 0.3) is 0 Å². The predicted octanol–water partition coefficient (Wildman–Crippen LogP) is 4.46. The highest BCUT2D eigenvalue weighted by molar-refractivity contribution is 6.32. The Kier molecular flexibility index (Phi) is 5.93. The normalized spacial score (nSPS) is 24.2. The van der Waals surface area contributed by atoms with Crippen molar-refractivity contribution in [3.05, 3.63) is 40.8 Å². The highest BCUT2D eigenvalue weighted by Gasteiger charge is 2.35. The number of fused-ring (bicyclic) bond motifs is 1. The molecule has 0 amide bonds. The number of anilines is 2. The van der Waals surface area contributed by atoms with Gasteiger partial charge in [-0.05, 0) is 69.3 Å². The van der Waals surface area contributed by atoms with E-state index in [0.717, 1.165) is 59.8 Å². The van der Waals surface area contributed by atoms with E-state index in [1.165, 1.54) is 18.4 Å². The molecule has 1 N–H and O–H groups in total. The number of nitrogens with zero attached hydrogens (tertiary/aromatic N) is 5. The number of piperidine rings is 1. The van der Waals surface area contributed by atoms with E-state index in [-0.39, 0.29) is 6.10 Å². The third kappa shape index (κ3) is 4.17. The van der Waals surface area contributed by atoms with Gasteiger partial charge in [0.2, 0.25) is 5.95 Å². The molecule has 34 heavy (non-hydrogen) atoms. The summed E-state index contributed by atoms with van der Waals surface area (Å²) >= 11 is 6.74. The molecule has 8 nitrogen and oxygen atoms in total. The van der Waals surface area contributed by atoms with Crippen LogP contribution in [0.5, 0.6) is 0 Å². The summed E-state index contributed by atoms with van der Waals surface area (Å²) in [7, 11) is 1.78. The van der Waals surface area contributed by atoms with E-state index in [0.29, 0.717) is 30.6 Å². The van der Waals surface area contributed by atoms with E-state index in [1.54, 1.807) is 7.11 Å². The van der Waals surface area contributed by atoms with E-state index in [4.69, 9.17) is 26.1 Å². The highest BCUT2D eigenvalue weighted by atomic mass is 35.5. The number of nitrogens with one attached hydrogen (secondary N) is 1. The second-order valence-corrected chi connectivity index (χ2v) is 10.2. The monoisotopic (exact) mass is 482 g/mol. The maximum absolute atomic E-state index is 6.74. The van der Waals surface area contributed by atoms with Crippen molar-refractivity contribution in [2.75, 3.05) is 38.7 Å². The first-order valence-corrected chi connectivity index (χ1v) is 12.6. The summed E-state index contributed by atoms with van der Waals surface area (Å²) in [5.41, 5.74) is 4.17. The third-order valence-electron chi connectivity index (χ3n) is 7.62. The van der Waals surface area contributed by atoms with Gasteiger partial charge >= 0.3 is 0 Å². The van der Waals surface area contributed by atoms with Gasteiger partial charge in [0, 0.05) is 23.7 Å². The molecule has 3 aromatic rings. The number of aromatic nitrogens is 4. The Bertz CT molecular complexity index is 1190. The van der Waals surface area contributed by atoms with Crippen LogP contribution >= 0.6 is 11.6 Å².